The fourth-order valence-electron chi connectivity index (χ4n) is 1.76. The summed E-state index contributed by atoms with van der Waals surface area (Å²) in [6.07, 6.45) is 0.747. The first-order valence-corrected chi connectivity index (χ1v) is 5.91. The summed E-state index contributed by atoms with van der Waals surface area (Å²) in [4.78, 5) is 11.8. The van der Waals surface area contributed by atoms with E-state index in [1.54, 1.807) is 0 Å². The summed E-state index contributed by atoms with van der Waals surface area (Å²) in [7, 11) is 0. The second-order valence-corrected chi connectivity index (χ2v) is 4.91. The molecule has 1 aromatic carbocycles. The van der Waals surface area contributed by atoms with Gasteiger partial charge in [-0.1, -0.05) is 40.7 Å². The fourth-order valence-corrected chi connectivity index (χ4v) is 1.90. The van der Waals surface area contributed by atoms with Crippen LogP contribution in [0.2, 0.25) is 0 Å². The Kier molecular flexibility index (Phi) is 3.29. The predicted molar refractivity (Wildman–Crippen MR) is 68.6 cm³/mol. The van der Waals surface area contributed by atoms with Gasteiger partial charge in [-0.25, -0.2) is 0 Å². The van der Waals surface area contributed by atoms with Crippen molar-refractivity contribution in [1.29, 1.82) is 0 Å². The molecular weight excluding hydrogens is 268 g/mol. The Labute approximate surface area is 103 Å². The monoisotopic (exact) mass is 280 g/mol. The zero-order valence-corrected chi connectivity index (χ0v) is 10.4. The number of carbonyl (C=O) groups excluding carboxylic acids is 1. The molecule has 4 heteroatoms. The largest absolute Gasteiger partial charge is 0.373 e. The summed E-state index contributed by atoms with van der Waals surface area (Å²) in [6, 6.07) is 7.82. The zero-order chi connectivity index (χ0) is 11.5. The number of halogens is 1. The lowest BCUT2D eigenvalue weighted by molar-refractivity contribution is -0.121. The third kappa shape index (κ3) is 2.44. The molecule has 16 heavy (non-hydrogen) atoms. The minimum Gasteiger partial charge on any atom is -0.373 e. The highest BCUT2D eigenvalue weighted by molar-refractivity contribution is 9.11. The van der Waals surface area contributed by atoms with Gasteiger partial charge in [-0.3, -0.25) is 4.79 Å². The number of para-hydroxylation sites is 1. The Balaban J connectivity index is 1.96. The van der Waals surface area contributed by atoms with Crippen molar-refractivity contribution in [3.8, 4) is 0 Å². The number of hydrogen-bond acceptors (Lipinski definition) is 2. The van der Waals surface area contributed by atoms with E-state index in [1.807, 2.05) is 24.3 Å². The smallest absolute Gasteiger partial charge is 0.243 e. The van der Waals surface area contributed by atoms with E-state index in [4.69, 9.17) is 0 Å². The van der Waals surface area contributed by atoms with Gasteiger partial charge in [-0.2, -0.15) is 0 Å². The van der Waals surface area contributed by atoms with E-state index in [0.717, 1.165) is 16.6 Å². The summed E-state index contributed by atoms with van der Waals surface area (Å²) < 4.78 is 0.774. The minimum absolute atomic E-state index is 0.0109. The van der Waals surface area contributed by atoms with Crippen LogP contribution < -0.4 is 10.6 Å². The van der Waals surface area contributed by atoms with Gasteiger partial charge < -0.3 is 10.6 Å². The lowest BCUT2D eigenvalue weighted by Gasteiger charge is -2.11. The first-order chi connectivity index (χ1) is 7.66. The van der Waals surface area contributed by atoms with Crippen molar-refractivity contribution in [2.24, 2.45) is 0 Å². The van der Waals surface area contributed by atoms with E-state index < -0.39 is 0 Å². The number of benzene rings is 1. The molecule has 3 nitrogen and oxygen atoms in total. The first-order valence-electron chi connectivity index (χ1n) is 5.12. The summed E-state index contributed by atoms with van der Waals surface area (Å²) in [5, 5.41) is 6.01. The van der Waals surface area contributed by atoms with E-state index in [-0.39, 0.29) is 11.9 Å². The van der Waals surface area contributed by atoms with Crippen LogP contribution in [0.5, 0.6) is 0 Å². The molecule has 0 aromatic heterocycles. The molecule has 1 atom stereocenters. The number of carbonyl (C=O) groups is 1. The van der Waals surface area contributed by atoms with Gasteiger partial charge in [-0.15, -0.1) is 0 Å². The second kappa shape index (κ2) is 4.70. The van der Waals surface area contributed by atoms with Crippen LogP contribution in [0.15, 0.2) is 35.3 Å². The highest BCUT2D eigenvalue weighted by atomic mass is 79.9. The molecule has 1 unspecified atom stereocenters. The molecule has 1 aliphatic rings. The second-order valence-electron chi connectivity index (χ2n) is 3.79. The average Bonchev–Trinajstić information content (AvgIpc) is 2.69. The molecule has 1 aliphatic heterocycles. The molecule has 84 valence electrons. The van der Waals surface area contributed by atoms with Crippen LogP contribution in [-0.2, 0) is 11.2 Å². The molecule has 1 amide bonds. The summed E-state index contributed by atoms with van der Waals surface area (Å²) >= 11 is 3.21. The Hall–Kier alpha value is -1.29. The van der Waals surface area contributed by atoms with Crippen LogP contribution >= 0.6 is 15.9 Å². The van der Waals surface area contributed by atoms with E-state index >= 15 is 0 Å². The first kappa shape index (κ1) is 11.2. The molecular formula is C12H13BrN2O. The number of amides is 1. The molecule has 2 N–H and O–H groups in total. The van der Waals surface area contributed by atoms with Crippen LogP contribution in [-0.4, -0.2) is 18.5 Å². The SMILES string of the molecule is C=C(Br)CNC(=O)C1Cc2ccccc2N1. The molecule has 0 saturated heterocycles. The van der Waals surface area contributed by atoms with Gasteiger partial charge in [0.2, 0.25) is 5.91 Å². The van der Waals surface area contributed by atoms with Crippen LogP contribution in [0.25, 0.3) is 0 Å². The molecule has 0 saturated carbocycles. The van der Waals surface area contributed by atoms with E-state index in [9.17, 15) is 4.79 Å². The summed E-state index contributed by atoms with van der Waals surface area (Å²) in [5.74, 6) is 0.0109. The lowest BCUT2D eigenvalue weighted by Crippen LogP contribution is -2.38. The normalized spacial score (nSPS) is 17.4. The Morgan fingerprint density at radius 2 is 2.31 bits per heavy atom. The average molecular weight is 281 g/mol. The summed E-state index contributed by atoms with van der Waals surface area (Å²) in [6.45, 7) is 4.14. The Morgan fingerprint density at radius 1 is 1.56 bits per heavy atom. The van der Waals surface area contributed by atoms with E-state index in [0.29, 0.717) is 6.54 Å². The molecule has 0 aliphatic carbocycles. The Morgan fingerprint density at radius 3 is 3.00 bits per heavy atom. The molecule has 0 spiro atoms. The quantitative estimate of drug-likeness (QED) is 0.890. The van der Waals surface area contributed by atoms with Gasteiger partial charge in [0.15, 0.2) is 0 Å². The molecule has 1 aromatic rings. The maximum Gasteiger partial charge on any atom is 0.243 e. The maximum absolute atomic E-state index is 11.8. The number of nitrogens with one attached hydrogen (secondary N) is 2. The lowest BCUT2D eigenvalue weighted by atomic mass is 10.1. The predicted octanol–water partition coefficient (Wildman–Crippen LogP) is 2.05. The molecule has 0 fully saturated rings. The minimum atomic E-state index is -0.163. The van der Waals surface area contributed by atoms with E-state index in [2.05, 4.69) is 33.1 Å². The number of anilines is 1. The molecule has 0 bridgehead atoms. The topological polar surface area (TPSA) is 41.1 Å². The highest BCUT2D eigenvalue weighted by Crippen LogP contribution is 2.24. The maximum atomic E-state index is 11.8. The van der Waals surface area contributed by atoms with Crippen molar-refractivity contribution < 1.29 is 4.79 Å². The van der Waals surface area contributed by atoms with E-state index in [1.165, 1.54) is 5.56 Å². The van der Waals surface area contributed by atoms with Crippen LogP contribution in [0.4, 0.5) is 5.69 Å². The zero-order valence-electron chi connectivity index (χ0n) is 8.79. The van der Waals surface area contributed by atoms with Crippen molar-refractivity contribution in [3.63, 3.8) is 0 Å². The third-order valence-corrected chi connectivity index (χ3v) is 2.82. The molecule has 1 heterocycles. The van der Waals surface area contributed by atoms with Crippen molar-refractivity contribution in [3.05, 3.63) is 40.9 Å². The Bertz CT molecular complexity index is 406. The highest BCUT2D eigenvalue weighted by Gasteiger charge is 2.25. The van der Waals surface area contributed by atoms with Gasteiger partial charge in [0.05, 0.1) is 0 Å². The van der Waals surface area contributed by atoms with Gasteiger partial charge in [0, 0.05) is 23.1 Å². The van der Waals surface area contributed by atoms with Crippen molar-refractivity contribution in [2.45, 2.75) is 12.5 Å². The molecule has 0 radical (unpaired) electrons. The van der Waals surface area contributed by atoms with Crippen LogP contribution in [0.3, 0.4) is 0 Å². The van der Waals surface area contributed by atoms with Crippen molar-refractivity contribution in [2.75, 3.05) is 11.9 Å². The van der Waals surface area contributed by atoms with Crippen LogP contribution in [0, 0.1) is 0 Å². The van der Waals surface area contributed by atoms with Gasteiger partial charge in [0.1, 0.15) is 6.04 Å². The van der Waals surface area contributed by atoms with Gasteiger partial charge in [0.25, 0.3) is 0 Å². The molecule has 2 rings (SSSR count). The fraction of sp³-hybridized carbons (Fsp3) is 0.250. The standard InChI is InChI=1S/C12H13BrN2O/c1-8(13)7-14-12(16)11-6-9-4-2-3-5-10(9)15-11/h2-5,11,15H,1,6-7H2,(H,14,16). The number of fused-ring (bicyclic) bond motifs is 1. The van der Waals surface area contributed by atoms with Crippen molar-refractivity contribution in [1.82, 2.24) is 5.32 Å². The van der Waals surface area contributed by atoms with Crippen molar-refractivity contribution >= 4 is 27.5 Å². The summed E-state index contributed by atoms with van der Waals surface area (Å²) in [5.41, 5.74) is 2.25. The van der Waals surface area contributed by atoms with Gasteiger partial charge >= 0.3 is 0 Å². The number of hydrogen-bond donors (Lipinski definition) is 2. The third-order valence-electron chi connectivity index (χ3n) is 2.54. The number of rotatable bonds is 3. The van der Waals surface area contributed by atoms with Gasteiger partial charge in [-0.05, 0) is 11.6 Å². The van der Waals surface area contributed by atoms with Crippen LogP contribution in [0.1, 0.15) is 5.56 Å².